The first-order valence-corrected chi connectivity index (χ1v) is 13.2. The minimum Gasteiger partial charge on any atom is -0.393 e. The first kappa shape index (κ1) is 34.8. The molecule has 9 heteroatoms. The number of aliphatic hydroxyl groups excluding tert-OH is 3. The molecule has 0 amide bonds. The second-order valence-corrected chi connectivity index (χ2v) is 11.5. The van der Waals surface area contributed by atoms with Crippen molar-refractivity contribution in [3.05, 3.63) is 0 Å². The summed E-state index contributed by atoms with van der Waals surface area (Å²) in [7, 11) is 3.30. The first-order valence-electron chi connectivity index (χ1n) is 13.2. The van der Waals surface area contributed by atoms with Crippen LogP contribution in [0, 0.1) is 29.1 Å². The van der Waals surface area contributed by atoms with Crippen LogP contribution in [0.3, 0.4) is 0 Å². The lowest BCUT2D eigenvalue weighted by Crippen LogP contribution is -2.60. The molecule has 0 aromatic rings. The Hall–Kier alpha value is -1.23. The topological polar surface area (TPSA) is 162 Å². The van der Waals surface area contributed by atoms with Crippen LogP contribution in [0.25, 0.3) is 0 Å². The Balaban J connectivity index is 6.68. The van der Waals surface area contributed by atoms with Crippen molar-refractivity contribution in [3.63, 3.8) is 0 Å². The number of hydrogen-bond acceptors (Lipinski definition) is 9. The highest BCUT2D eigenvalue weighted by molar-refractivity contribution is 5.93. The zero-order valence-electron chi connectivity index (χ0n) is 24.0. The van der Waals surface area contributed by atoms with Gasteiger partial charge in [0.1, 0.15) is 0 Å². The molecule has 36 heavy (non-hydrogen) atoms. The monoisotopic (exact) mass is 515 g/mol. The molecule has 0 spiro atoms. The summed E-state index contributed by atoms with van der Waals surface area (Å²) in [4.78, 5) is 40.0. The van der Waals surface area contributed by atoms with E-state index < -0.39 is 53.6 Å². The SMILES string of the molecule is CN[C@H](C(=O)CC(O)C(CC(C)O)(C(=O)[C@@H](NC)C(C)C)C(C)C(O)CC(=O)[C@@H](N)C(C)C)C(C)C. The van der Waals surface area contributed by atoms with Crippen molar-refractivity contribution >= 4 is 17.3 Å². The maximum absolute atomic E-state index is 14.2. The number of hydrogen-bond donors (Lipinski definition) is 6. The molecule has 0 saturated heterocycles. The molecule has 5 unspecified atom stereocenters. The van der Waals surface area contributed by atoms with Crippen LogP contribution in [-0.2, 0) is 14.4 Å². The van der Waals surface area contributed by atoms with Gasteiger partial charge in [0.05, 0.1) is 41.9 Å². The standard InChI is InChI=1S/C27H53N3O6/c1-14(2)23(28)20(33)11-19(32)18(8)27(13-17(7)31,26(36)25(30-10)16(5)6)22(35)12-21(34)24(29-9)15(3)4/h14-19,22-25,29-32,35H,11-13,28H2,1-10H3/t17?,18?,19?,22?,23-,24-,25-,27?/m0/s1. The van der Waals surface area contributed by atoms with Crippen molar-refractivity contribution in [2.24, 2.45) is 34.8 Å². The Morgan fingerprint density at radius 2 is 1.22 bits per heavy atom. The van der Waals surface area contributed by atoms with Gasteiger partial charge in [-0.15, -0.1) is 0 Å². The molecule has 0 saturated carbocycles. The quantitative estimate of drug-likeness (QED) is 0.157. The lowest BCUT2D eigenvalue weighted by atomic mass is 9.60. The Morgan fingerprint density at radius 1 is 0.750 bits per heavy atom. The summed E-state index contributed by atoms with van der Waals surface area (Å²) in [6.07, 6.45) is -4.64. The molecule has 0 radical (unpaired) electrons. The molecule has 7 N–H and O–H groups in total. The van der Waals surface area contributed by atoms with Gasteiger partial charge in [0, 0.05) is 12.8 Å². The molecule has 0 aromatic heterocycles. The molecular formula is C27H53N3O6. The summed E-state index contributed by atoms with van der Waals surface area (Å²) >= 11 is 0. The number of carbonyl (C=O) groups excluding carboxylic acids is 3. The average molecular weight is 516 g/mol. The van der Waals surface area contributed by atoms with Crippen LogP contribution in [0.1, 0.15) is 74.7 Å². The molecule has 0 heterocycles. The second-order valence-electron chi connectivity index (χ2n) is 11.5. The fraction of sp³-hybridized carbons (Fsp3) is 0.889. The number of carbonyl (C=O) groups is 3. The number of aliphatic hydroxyl groups is 3. The van der Waals surface area contributed by atoms with Gasteiger partial charge in [0.2, 0.25) is 0 Å². The lowest BCUT2D eigenvalue weighted by Gasteiger charge is -2.46. The lowest BCUT2D eigenvalue weighted by molar-refractivity contribution is -0.158. The number of nitrogens with one attached hydrogen (secondary N) is 2. The average Bonchev–Trinajstić information content (AvgIpc) is 2.75. The van der Waals surface area contributed by atoms with E-state index in [4.69, 9.17) is 5.73 Å². The molecule has 8 atom stereocenters. The molecule has 0 bridgehead atoms. The van der Waals surface area contributed by atoms with E-state index in [2.05, 4.69) is 10.6 Å². The Kier molecular flexibility index (Phi) is 14.7. The zero-order chi connectivity index (χ0) is 28.5. The van der Waals surface area contributed by atoms with Crippen molar-refractivity contribution in [3.8, 4) is 0 Å². The highest BCUT2D eigenvalue weighted by atomic mass is 16.3. The van der Waals surface area contributed by atoms with Crippen molar-refractivity contribution in [2.45, 2.75) is 111 Å². The Morgan fingerprint density at radius 3 is 1.58 bits per heavy atom. The molecule has 0 aromatic carbocycles. The fourth-order valence-electron chi connectivity index (χ4n) is 5.26. The van der Waals surface area contributed by atoms with E-state index in [0.29, 0.717) is 0 Å². The fourth-order valence-corrected chi connectivity index (χ4v) is 5.26. The summed E-state index contributed by atoms with van der Waals surface area (Å²) in [5.74, 6) is -2.32. The first-order chi connectivity index (χ1) is 16.5. The molecular weight excluding hydrogens is 462 g/mol. The van der Waals surface area contributed by atoms with Gasteiger partial charge >= 0.3 is 0 Å². The molecule has 0 rings (SSSR count). The zero-order valence-corrected chi connectivity index (χ0v) is 24.0. The van der Waals surface area contributed by atoms with Crippen molar-refractivity contribution in [1.82, 2.24) is 10.6 Å². The van der Waals surface area contributed by atoms with Gasteiger partial charge in [-0.25, -0.2) is 0 Å². The summed E-state index contributed by atoms with van der Waals surface area (Å²) in [5, 5.41) is 39.3. The second kappa shape index (κ2) is 15.2. The third-order valence-corrected chi connectivity index (χ3v) is 7.56. The van der Waals surface area contributed by atoms with E-state index >= 15 is 0 Å². The van der Waals surface area contributed by atoms with Crippen LogP contribution in [0.2, 0.25) is 0 Å². The van der Waals surface area contributed by atoms with E-state index in [9.17, 15) is 29.7 Å². The van der Waals surface area contributed by atoms with Gasteiger partial charge in [0.25, 0.3) is 0 Å². The normalized spacial score (nSPS) is 19.9. The highest BCUT2D eigenvalue weighted by Crippen LogP contribution is 2.44. The van der Waals surface area contributed by atoms with Gasteiger partial charge in [-0.3, -0.25) is 14.4 Å². The van der Waals surface area contributed by atoms with Crippen molar-refractivity contribution < 1.29 is 29.7 Å². The Labute approximate surface area is 218 Å². The van der Waals surface area contributed by atoms with Crippen LogP contribution in [-0.4, -0.2) is 83.2 Å². The third-order valence-electron chi connectivity index (χ3n) is 7.56. The van der Waals surface area contributed by atoms with Crippen LogP contribution < -0.4 is 16.4 Å². The van der Waals surface area contributed by atoms with E-state index in [1.54, 1.807) is 21.0 Å². The Bertz CT molecular complexity index is 712. The van der Waals surface area contributed by atoms with Gasteiger partial charge in [-0.1, -0.05) is 48.5 Å². The maximum Gasteiger partial charge on any atom is 0.159 e. The van der Waals surface area contributed by atoms with Crippen LogP contribution in [0.4, 0.5) is 0 Å². The highest BCUT2D eigenvalue weighted by Gasteiger charge is 2.54. The van der Waals surface area contributed by atoms with Crippen LogP contribution >= 0.6 is 0 Å². The number of nitrogens with two attached hydrogens (primary N) is 1. The van der Waals surface area contributed by atoms with Crippen LogP contribution in [0.5, 0.6) is 0 Å². The number of ketones is 3. The minimum absolute atomic E-state index is 0.0459. The summed E-state index contributed by atoms with van der Waals surface area (Å²) < 4.78 is 0. The molecule has 0 aliphatic carbocycles. The van der Waals surface area contributed by atoms with Crippen molar-refractivity contribution in [1.29, 1.82) is 0 Å². The number of rotatable bonds is 18. The van der Waals surface area contributed by atoms with E-state index in [1.807, 2.05) is 41.5 Å². The van der Waals surface area contributed by atoms with Crippen molar-refractivity contribution in [2.75, 3.05) is 14.1 Å². The van der Waals surface area contributed by atoms with Gasteiger partial charge < -0.3 is 31.7 Å². The van der Waals surface area contributed by atoms with Gasteiger partial charge in [-0.2, -0.15) is 0 Å². The third kappa shape index (κ3) is 8.67. The van der Waals surface area contributed by atoms with E-state index in [0.717, 1.165) is 0 Å². The van der Waals surface area contributed by atoms with Gasteiger partial charge in [-0.05, 0) is 51.1 Å². The molecule has 0 fully saturated rings. The molecule has 9 nitrogen and oxygen atoms in total. The molecule has 0 aliphatic heterocycles. The minimum atomic E-state index is -1.70. The predicted molar refractivity (Wildman–Crippen MR) is 142 cm³/mol. The summed E-state index contributed by atoms with van der Waals surface area (Å²) in [5.41, 5.74) is 4.30. The van der Waals surface area contributed by atoms with Gasteiger partial charge in [0.15, 0.2) is 17.3 Å². The largest absolute Gasteiger partial charge is 0.393 e. The van der Waals surface area contributed by atoms with E-state index in [1.165, 1.54) is 6.92 Å². The number of likely N-dealkylation sites (N-methyl/N-ethyl adjacent to an activating group) is 2. The predicted octanol–water partition coefficient (Wildman–Crippen LogP) is 1.06. The molecule has 0 aliphatic rings. The van der Waals surface area contributed by atoms with Crippen LogP contribution in [0.15, 0.2) is 0 Å². The molecule has 212 valence electrons. The number of Topliss-reactive ketones (excluding diaryl/α,β-unsaturated/α-hetero) is 3. The summed E-state index contributed by atoms with van der Waals surface area (Å²) in [6, 6.07) is -2.01. The smallest absolute Gasteiger partial charge is 0.159 e. The maximum atomic E-state index is 14.2. The van der Waals surface area contributed by atoms with E-state index in [-0.39, 0.29) is 48.6 Å². The summed E-state index contributed by atoms with van der Waals surface area (Å²) in [6.45, 7) is 14.2.